The average molecular weight is 281 g/mol. The van der Waals surface area contributed by atoms with E-state index >= 15 is 0 Å². The van der Waals surface area contributed by atoms with Crippen LogP contribution in [0, 0.1) is 5.92 Å². The molecule has 1 aliphatic heterocycles. The minimum absolute atomic E-state index is 0. The van der Waals surface area contributed by atoms with Gasteiger partial charge in [-0.3, -0.25) is 0 Å². The van der Waals surface area contributed by atoms with E-state index in [0.29, 0.717) is 12.5 Å². The molecule has 0 amide bonds. The van der Waals surface area contributed by atoms with Crippen LogP contribution in [-0.4, -0.2) is 37.6 Å². The third-order valence-electron chi connectivity index (χ3n) is 2.68. The van der Waals surface area contributed by atoms with E-state index in [1.54, 1.807) is 11.6 Å². The Morgan fingerprint density at radius 2 is 2.41 bits per heavy atom. The van der Waals surface area contributed by atoms with Crippen molar-refractivity contribution in [2.24, 2.45) is 13.0 Å². The summed E-state index contributed by atoms with van der Waals surface area (Å²) >= 11 is 0. The van der Waals surface area contributed by atoms with Gasteiger partial charge in [-0.15, -0.1) is 12.4 Å². The lowest BCUT2D eigenvalue weighted by Gasteiger charge is -2.08. The maximum absolute atomic E-state index is 11.8. The van der Waals surface area contributed by atoms with Gasteiger partial charge in [0.2, 0.25) is 0 Å². The van der Waals surface area contributed by atoms with E-state index in [4.69, 9.17) is 0 Å². The molecule has 1 fully saturated rings. The standard InChI is InChI=1S/C9H16N4O2S.ClH/c1-13-6-9(11-7-13)16(14,15)12-5-8-2-3-10-4-8;/h6-8,10,12H,2-5H2,1H3;1H. The zero-order chi connectivity index (χ0) is 11.6. The summed E-state index contributed by atoms with van der Waals surface area (Å²) in [6.07, 6.45) is 3.99. The first-order valence-corrected chi connectivity index (χ1v) is 6.74. The molecule has 0 radical (unpaired) electrons. The van der Waals surface area contributed by atoms with Crippen LogP contribution in [0.4, 0.5) is 0 Å². The van der Waals surface area contributed by atoms with Crippen molar-refractivity contribution in [1.29, 1.82) is 0 Å². The molecule has 0 aromatic carbocycles. The molecule has 2 N–H and O–H groups in total. The Morgan fingerprint density at radius 3 is 2.94 bits per heavy atom. The molecular weight excluding hydrogens is 264 g/mol. The highest BCUT2D eigenvalue weighted by Gasteiger charge is 2.20. The van der Waals surface area contributed by atoms with Crippen molar-refractivity contribution in [3.05, 3.63) is 12.5 Å². The predicted octanol–water partition coefficient (Wildman–Crippen LogP) is -0.270. The van der Waals surface area contributed by atoms with Gasteiger partial charge in [-0.1, -0.05) is 0 Å². The molecule has 0 bridgehead atoms. The Bertz CT molecular complexity index is 453. The first kappa shape index (κ1) is 14.4. The molecule has 8 heteroatoms. The molecule has 17 heavy (non-hydrogen) atoms. The van der Waals surface area contributed by atoms with Gasteiger partial charge in [-0.25, -0.2) is 18.1 Å². The first-order chi connectivity index (χ1) is 7.58. The van der Waals surface area contributed by atoms with Gasteiger partial charge in [-0.05, 0) is 25.4 Å². The molecule has 2 rings (SSSR count). The summed E-state index contributed by atoms with van der Waals surface area (Å²) < 4.78 is 27.8. The van der Waals surface area contributed by atoms with Crippen molar-refractivity contribution < 1.29 is 8.42 Å². The molecule has 0 spiro atoms. The fraction of sp³-hybridized carbons (Fsp3) is 0.667. The number of aromatic nitrogens is 2. The number of imidazole rings is 1. The zero-order valence-corrected chi connectivity index (χ0v) is 11.2. The molecule has 1 aromatic heterocycles. The van der Waals surface area contributed by atoms with Crippen molar-refractivity contribution >= 4 is 22.4 Å². The maximum atomic E-state index is 11.8. The van der Waals surface area contributed by atoms with Gasteiger partial charge in [0.05, 0.1) is 6.33 Å². The molecule has 2 heterocycles. The van der Waals surface area contributed by atoms with Gasteiger partial charge in [-0.2, -0.15) is 0 Å². The number of nitrogens with zero attached hydrogens (tertiary/aromatic N) is 2. The third-order valence-corrected chi connectivity index (χ3v) is 3.99. The molecule has 0 saturated carbocycles. The van der Waals surface area contributed by atoms with Gasteiger partial charge < -0.3 is 9.88 Å². The smallest absolute Gasteiger partial charge is 0.259 e. The Labute approximate surface area is 107 Å². The predicted molar refractivity (Wildman–Crippen MR) is 66.6 cm³/mol. The molecule has 6 nitrogen and oxygen atoms in total. The van der Waals surface area contributed by atoms with Crippen LogP contribution in [0.25, 0.3) is 0 Å². The van der Waals surface area contributed by atoms with E-state index in [2.05, 4.69) is 15.0 Å². The van der Waals surface area contributed by atoms with E-state index in [9.17, 15) is 8.42 Å². The summed E-state index contributed by atoms with van der Waals surface area (Å²) in [5.74, 6) is 0.387. The molecule has 1 unspecified atom stereocenters. The van der Waals surface area contributed by atoms with Crippen molar-refractivity contribution in [3.8, 4) is 0 Å². The van der Waals surface area contributed by atoms with Gasteiger partial charge in [0.25, 0.3) is 10.0 Å². The number of sulfonamides is 1. The maximum Gasteiger partial charge on any atom is 0.259 e. The summed E-state index contributed by atoms with van der Waals surface area (Å²) in [6.45, 7) is 2.33. The second-order valence-electron chi connectivity index (χ2n) is 4.09. The summed E-state index contributed by atoms with van der Waals surface area (Å²) in [5, 5.41) is 3.28. The molecule has 1 saturated heterocycles. The van der Waals surface area contributed by atoms with Crippen LogP contribution in [0.5, 0.6) is 0 Å². The van der Waals surface area contributed by atoms with Crippen LogP contribution in [0.1, 0.15) is 6.42 Å². The quantitative estimate of drug-likeness (QED) is 0.796. The lowest BCUT2D eigenvalue weighted by atomic mass is 10.1. The average Bonchev–Trinajstić information content (AvgIpc) is 2.85. The Kier molecular flexibility index (Phi) is 4.93. The molecule has 0 aliphatic carbocycles. The third kappa shape index (κ3) is 3.67. The van der Waals surface area contributed by atoms with Crippen LogP contribution in [-0.2, 0) is 17.1 Å². The van der Waals surface area contributed by atoms with Crippen LogP contribution >= 0.6 is 12.4 Å². The minimum Gasteiger partial charge on any atom is -0.339 e. The van der Waals surface area contributed by atoms with E-state index in [1.807, 2.05) is 0 Å². The topological polar surface area (TPSA) is 76.0 Å². The zero-order valence-electron chi connectivity index (χ0n) is 9.59. The number of hydrogen-bond donors (Lipinski definition) is 2. The number of hydrogen-bond acceptors (Lipinski definition) is 4. The Morgan fingerprint density at radius 1 is 1.65 bits per heavy atom. The van der Waals surface area contributed by atoms with Gasteiger partial charge >= 0.3 is 0 Å². The van der Waals surface area contributed by atoms with E-state index in [0.717, 1.165) is 19.5 Å². The van der Waals surface area contributed by atoms with E-state index in [-0.39, 0.29) is 17.4 Å². The van der Waals surface area contributed by atoms with Crippen LogP contribution < -0.4 is 10.0 Å². The van der Waals surface area contributed by atoms with Crippen molar-refractivity contribution in [3.63, 3.8) is 0 Å². The molecule has 1 aromatic rings. The normalized spacial score (nSPS) is 20.2. The molecule has 1 aliphatic rings. The van der Waals surface area contributed by atoms with E-state index in [1.165, 1.54) is 12.5 Å². The highest BCUT2D eigenvalue weighted by atomic mass is 35.5. The molecule has 1 atom stereocenters. The molecule has 98 valence electrons. The van der Waals surface area contributed by atoms with Crippen molar-refractivity contribution in [2.75, 3.05) is 19.6 Å². The monoisotopic (exact) mass is 280 g/mol. The fourth-order valence-electron chi connectivity index (χ4n) is 1.72. The lowest BCUT2D eigenvalue weighted by Crippen LogP contribution is -2.30. The summed E-state index contributed by atoms with van der Waals surface area (Å²) in [7, 11) is -1.69. The largest absolute Gasteiger partial charge is 0.339 e. The second-order valence-corrected chi connectivity index (χ2v) is 5.80. The number of nitrogens with one attached hydrogen (secondary N) is 2. The van der Waals surface area contributed by atoms with Gasteiger partial charge in [0.15, 0.2) is 5.03 Å². The van der Waals surface area contributed by atoms with Gasteiger partial charge in [0.1, 0.15) is 0 Å². The number of rotatable bonds is 4. The van der Waals surface area contributed by atoms with Crippen molar-refractivity contribution in [1.82, 2.24) is 19.6 Å². The summed E-state index contributed by atoms with van der Waals surface area (Å²) in [5.41, 5.74) is 0. The van der Waals surface area contributed by atoms with Crippen LogP contribution in [0.15, 0.2) is 17.6 Å². The van der Waals surface area contributed by atoms with Crippen LogP contribution in [0.3, 0.4) is 0 Å². The summed E-state index contributed by atoms with van der Waals surface area (Å²) in [6, 6.07) is 0. The highest BCUT2D eigenvalue weighted by molar-refractivity contribution is 7.89. The first-order valence-electron chi connectivity index (χ1n) is 5.26. The highest BCUT2D eigenvalue weighted by Crippen LogP contribution is 2.08. The van der Waals surface area contributed by atoms with Gasteiger partial charge in [0, 0.05) is 19.8 Å². The van der Waals surface area contributed by atoms with Crippen LogP contribution in [0.2, 0.25) is 0 Å². The lowest BCUT2D eigenvalue weighted by molar-refractivity contribution is 0.537. The number of aryl methyl sites for hydroxylation is 1. The van der Waals surface area contributed by atoms with E-state index < -0.39 is 10.0 Å². The minimum atomic E-state index is -3.44. The SMILES string of the molecule is Cl.Cn1cnc(S(=O)(=O)NCC2CCNC2)c1. The Balaban J connectivity index is 0.00000144. The Hall–Kier alpha value is -0.630. The number of halogens is 1. The second kappa shape index (κ2) is 5.81. The summed E-state index contributed by atoms with van der Waals surface area (Å²) in [4.78, 5) is 3.83. The molecular formula is C9H17ClN4O2S. The fourth-order valence-corrected chi connectivity index (χ4v) is 2.81. The van der Waals surface area contributed by atoms with Crippen molar-refractivity contribution in [2.45, 2.75) is 11.4 Å².